The van der Waals surface area contributed by atoms with E-state index in [1.165, 1.54) is 19.2 Å². The second-order valence-corrected chi connectivity index (χ2v) is 4.69. The minimum absolute atomic E-state index is 0.0105. The van der Waals surface area contributed by atoms with Crippen molar-refractivity contribution in [2.45, 2.75) is 6.92 Å². The first-order valence-corrected chi connectivity index (χ1v) is 6.51. The molecule has 2 amide bonds. The highest BCUT2D eigenvalue weighted by atomic mass is 19.2. The van der Waals surface area contributed by atoms with Crippen LogP contribution in [0.4, 0.5) is 14.5 Å². The molecule has 0 aromatic heterocycles. The standard InChI is InChI=1S/C16H14F2N2O2/c1-9-3-4-11(15(21)19-2)8-14(9)20-16(22)10-5-6-12(17)13(18)7-10/h3-8H,1-2H3,(H,19,21)(H,20,22). The molecule has 0 unspecified atom stereocenters. The van der Waals surface area contributed by atoms with Gasteiger partial charge < -0.3 is 10.6 Å². The Morgan fingerprint density at radius 1 is 0.909 bits per heavy atom. The van der Waals surface area contributed by atoms with Gasteiger partial charge in [0.05, 0.1) is 0 Å². The quantitative estimate of drug-likeness (QED) is 0.916. The molecule has 0 aliphatic rings. The fourth-order valence-electron chi connectivity index (χ4n) is 1.87. The first kappa shape index (κ1) is 15.6. The van der Waals surface area contributed by atoms with Crippen LogP contribution in [0.5, 0.6) is 0 Å². The van der Waals surface area contributed by atoms with E-state index >= 15 is 0 Å². The van der Waals surface area contributed by atoms with Crippen LogP contribution >= 0.6 is 0 Å². The Morgan fingerprint density at radius 3 is 2.18 bits per heavy atom. The van der Waals surface area contributed by atoms with Gasteiger partial charge >= 0.3 is 0 Å². The molecule has 0 radical (unpaired) electrons. The molecule has 4 nitrogen and oxygen atoms in total. The molecule has 0 bridgehead atoms. The van der Waals surface area contributed by atoms with E-state index in [1.54, 1.807) is 19.1 Å². The Morgan fingerprint density at radius 2 is 1.55 bits per heavy atom. The predicted molar refractivity (Wildman–Crippen MR) is 78.9 cm³/mol. The third kappa shape index (κ3) is 3.28. The maximum atomic E-state index is 13.2. The normalized spacial score (nSPS) is 10.2. The molecule has 0 fully saturated rings. The zero-order chi connectivity index (χ0) is 16.3. The number of rotatable bonds is 3. The Bertz CT molecular complexity index is 745. The van der Waals surface area contributed by atoms with Gasteiger partial charge in [0.25, 0.3) is 11.8 Å². The Kier molecular flexibility index (Phi) is 4.50. The van der Waals surface area contributed by atoms with Gasteiger partial charge in [-0.1, -0.05) is 6.07 Å². The van der Waals surface area contributed by atoms with E-state index in [0.29, 0.717) is 11.3 Å². The zero-order valence-electron chi connectivity index (χ0n) is 12.0. The molecule has 6 heteroatoms. The van der Waals surface area contributed by atoms with Gasteiger partial charge in [-0.3, -0.25) is 9.59 Å². The zero-order valence-corrected chi connectivity index (χ0v) is 12.0. The van der Waals surface area contributed by atoms with Crippen LogP contribution in [-0.2, 0) is 0 Å². The smallest absolute Gasteiger partial charge is 0.255 e. The molecule has 0 atom stereocenters. The van der Waals surface area contributed by atoms with Gasteiger partial charge in [0.15, 0.2) is 11.6 Å². The summed E-state index contributed by atoms with van der Waals surface area (Å²) in [6, 6.07) is 7.73. The molecule has 0 saturated heterocycles. The summed E-state index contributed by atoms with van der Waals surface area (Å²) in [6.07, 6.45) is 0. The molecule has 0 spiro atoms. The van der Waals surface area contributed by atoms with Crippen molar-refractivity contribution in [1.29, 1.82) is 0 Å². The van der Waals surface area contributed by atoms with Crippen molar-refractivity contribution < 1.29 is 18.4 Å². The predicted octanol–water partition coefficient (Wildman–Crippen LogP) is 2.89. The third-order valence-corrected chi connectivity index (χ3v) is 3.16. The topological polar surface area (TPSA) is 58.2 Å². The lowest BCUT2D eigenvalue weighted by Crippen LogP contribution is -2.19. The summed E-state index contributed by atoms with van der Waals surface area (Å²) in [7, 11) is 1.50. The van der Waals surface area contributed by atoms with Crippen molar-refractivity contribution in [1.82, 2.24) is 5.32 Å². The van der Waals surface area contributed by atoms with E-state index < -0.39 is 17.5 Å². The molecule has 0 saturated carbocycles. The number of benzene rings is 2. The number of hydrogen-bond donors (Lipinski definition) is 2. The monoisotopic (exact) mass is 304 g/mol. The molecule has 0 heterocycles. The molecule has 0 aliphatic carbocycles. The van der Waals surface area contributed by atoms with Crippen molar-refractivity contribution in [3.05, 3.63) is 64.7 Å². The Labute approximate surface area is 126 Å². The maximum absolute atomic E-state index is 13.2. The summed E-state index contributed by atoms with van der Waals surface area (Å²) in [6.45, 7) is 1.76. The number of anilines is 1. The van der Waals surface area contributed by atoms with Crippen LogP contribution in [0.3, 0.4) is 0 Å². The molecule has 114 valence electrons. The summed E-state index contributed by atoms with van der Waals surface area (Å²) in [5.41, 5.74) is 1.54. The molecule has 22 heavy (non-hydrogen) atoms. The van der Waals surface area contributed by atoms with Crippen molar-refractivity contribution >= 4 is 17.5 Å². The number of aryl methyl sites for hydroxylation is 1. The molecular formula is C16H14F2N2O2. The Balaban J connectivity index is 2.27. The van der Waals surface area contributed by atoms with Gasteiger partial charge in [-0.25, -0.2) is 8.78 Å². The first-order valence-electron chi connectivity index (χ1n) is 6.51. The number of amides is 2. The van der Waals surface area contributed by atoms with Crippen LogP contribution in [0.2, 0.25) is 0 Å². The molecular weight excluding hydrogens is 290 g/mol. The van der Waals surface area contributed by atoms with Crippen LogP contribution in [-0.4, -0.2) is 18.9 Å². The number of carbonyl (C=O) groups excluding carboxylic acids is 2. The highest BCUT2D eigenvalue weighted by Crippen LogP contribution is 2.18. The third-order valence-electron chi connectivity index (χ3n) is 3.16. The molecule has 0 aliphatic heterocycles. The van der Waals surface area contributed by atoms with Gasteiger partial charge in [-0.15, -0.1) is 0 Å². The average Bonchev–Trinajstić information content (AvgIpc) is 2.51. The van der Waals surface area contributed by atoms with Crippen LogP contribution in [0, 0.1) is 18.6 Å². The van der Waals surface area contributed by atoms with Crippen LogP contribution < -0.4 is 10.6 Å². The van der Waals surface area contributed by atoms with Crippen LogP contribution in [0.1, 0.15) is 26.3 Å². The number of hydrogen-bond acceptors (Lipinski definition) is 2. The Hall–Kier alpha value is -2.76. The van der Waals surface area contributed by atoms with Gasteiger partial charge in [-0.05, 0) is 42.8 Å². The van der Waals surface area contributed by atoms with Crippen molar-refractivity contribution in [3.8, 4) is 0 Å². The maximum Gasteiger partial charge on any atom is 0.255 e. The van der Waals surface area contributed by atoms with Gasteiger partial charge in [0.2, 0.25) is 0 Å². The fourth-order valence-corrected chi connectivity index (χ4v) is 1.87. The van der Waals surface area contributed by atoms with E-state index in [0.717, 1.165) is 17.7 Å². The summed E-state index contributed by atoms with van der Waals surface area (Å²) in [5, 5.41) is 5.07. The van der Waals surface area contributed by atoms with Crippen molar-refractivity contribution in [3.63, 3.8) is 0 Å². The second-order valence-electron chi connectivity index (χ2n) is 4.69. The van der Waals surface area contributed by atoms with E-state index in [2.05, 4.69) is 10.6 Å². The molecule has 2 aromatic carbocycles. The van der Waals surface area contributed by atoms with Gasteiger partial charge in [0, 0.05) is 23.9 Å². The lowest BCUT2D eigenvalue weighted by Gasteiger charge is -2.10. The van der Waals surface area contributed by atoms with Gasteiger partial charge in [-0.2, -0.15) is 0 Å². The number of carbonyl (C=O) groups is 2. The summed E-state index contributed by atoms with van der Waals surface area (Å²) in [5.74, 6) is -2.99. The van der Waals surface area contributed by atoms with Crippen molar-refractivity contribution in [2.24, 2.45) is 0 Å². The second kappa shape index (κ2) is 6.34. The average molecular weight is 304 g/mol. The van der Waals surface area contributed by atoms with Crippen molar-refractivity contribution in [2.75, 3.05) is 12.4 Å². The van der Waals surface area contributed by atoms with Crippen LogP contribution in [0.25, 0.3) is 0 Å². The van der Waals surface area contributed by atoms with E-state index in [1.807, 2.05) is 0 Å². The minimum atomic E-state index is -1.09. The summed E-state index contributed by atoms with van der Waals surface area (Å²) < 4.78 is 26.0. The molecule has 2 aromatic rings. The van der Waals surface area contributed by atoms with Gasteiger partial charge in [0.1, 0.15) is 0 Å². The van der Waals surface area contributed by atoms with E-state index in [9.17, 15) is 18.4 Å². The molecule has 2 rings (SSSR count). The fraction of sp³-hybridized carbons (Fsp3) is 0.125. The summed E-state index contributed by atoms with van der Waals surface area (Å²) in [4.78, 5) is 23.7. The lowest BCUT2D eigenvalue weighted by molar-refractivity contribution is 0.0961. The van der Waals surface area contributed by atoms with E-state index in [4.69, 9.17) is 0 Å². The highest BCUT2D eigenvalue weighted by Gasteiger charge is 2.12. The minimum Gasteiger partial charge on any atom is -0.355 e. The summed E-state index contributed by atoms with van der Waals surface area (Å²) >= 11 is 0. The highest BCUT2D eigenvalue weighted by molar-refractivity contribution is 6.05. The SMILES string of the molecule is CNC(=O)c1ccc(C)c(NC(=O)c2ccc(F)c(F)c2)c1. The molecule has 2 N–H and O–H groups in total. The first-order chi connectivity index (χ1) is 10.4. The number of nitrogens with one attached hydrogen (secondary N) is 2. The largest absolute Gasteiger partial charge is 0.355 e. The van der Waals surface area contributed by atoms with Crippen LogP contribution in [0.15, 0.2) is 36.4 Å². The van der Waals surface area contributed by atoms with E-state index in [-0.39, 0.29) is 11.5 Å². The lowest BCUT2D eigenvalue weighted by atomic mass is 10.1. The number of halogens is 2.